The number of nitrogens with zero attached hydrogens (tertiary/aromatic N) is 2. The first-order chi connectivity index (χ1) is 11.9. The molecule has 0 saturated carbocycles. The average molecular weight is 351 g/mol. The SMILES string of the molecule is CCNC(=O)C(C)(C)CNC(=NCc1c(CC)noc1CC)NCC. The number of aliphatic imine (C=N–C) groups is 1. The molecule has 1 heterocycles. The third kappa shape index (κ3) is 6.07. The maximum absolute atomic E-state index is 12.1. The van der Waals surface area contributed by atoms with Crippen molar-refractivity contribution in [2.45, 2.75) is 60.9 Å². The Morgan fingerprint density at radius 1 is 1.08 bits per heavy atom. The monoisotopic (exact) mass is 351 g/mol. The van der Waals surface area contributed by atoms with E-state index in [1.807, 2.05) is 34.6 Å². The summed E-state index contributed by atoms with van der Waals surface area (Å²) in [6.45, 7) is 14.2. The number of amides is 1. The van der Waals surface area contributed by atoms with E-state index in [4.69, 9.17) is 4.52 Å². The van der Waals surface area contributed by atoms with Gasteiger partial charge in [-0.2, -0.15) is 0 Å². The fourth-order valence-corrected chi connectivity index (χ4v) is 2.40. The summed E-state index contributed by atoms with van der Waals surface area (Å²) in [5.74, 6) is 1.60. The van der Waals surface area contributed by atoms with Gasteiger partial charge in [0.1, 0.15) is 5.76 Å². The zero-order chi connectivity index (χ0) is 18.9. The molecule has 7 nitrogen and oxygen atoms in total. The summed E-state index contributed by atoms with van der Waals surface area (Å²) in [6.07, 6.45) is 1.62. The van der Waals surface area contributed by atoms with Gasteiger partial charge in [-0.05, 0) is 34.1 Å². The number of carbonyl (C=O) groups is 1. The van der Waals surface area contributed by atoms with E-state index >= 15 is 0 Å². The van der Waals surface area contributed by atoms with Gasteiger partial charge in [-0.25, -0.2) is 4.99 Å². The minimum atomic E-state index is -0.521. The molecule has 1 aromatic heterocycles. The molecule has 0 radical (unpaired) electrons. The van der Waals surface area contributed by atoms with E-state index in [-0.39, 0.29) is 5.91 Å². The predicted molar refractivity (Wildman–Crippen MR) is 101 cm³/mol. The number of guanidine groups is 1. The van der Waals surface area contributed by atoms with Crippen LogP contribution in [0, 0.1) is 5.41 Å². The fourth-order valence-electron chi connectivity index (χ4n) is 2.40. The lowest BCUT2D eigenvalue weighted by Gasteiger charge is -2.24. The van der Waals surface area contributed by atoms with Crippen molar-refractivity contribution in [3.05, 3.63) is 17.0 Å². The standard InChI is InChI=1S/C18H33N5O2/c1-7-14-13(15(8-2)25-23-14)11-21-17(20-10-4)22-12-18(5,6)16(24)19-9-3/h7-12H2,1-6H3,(H,19,24)(H2,20,21,22). The smallest absolute Gasteiger partial charge is 0.227 e. The maximum atomic E-state index is 12.1. The average Bonchev–Trinajstić information content (AvgIpc) is 2.99. The second-order valence-electron chi connectivity index (χ2n) is 6.53. The number of hydrogen-bond donors (Lipinski definition) is 3. The summed E-state index contributed by atoms with van der Waals surface area (Å²) < 4.78 is 5.39. The largest absolute Gasteiger partial charge is 0.361 e. The summed E-state index contributed by atoms with van der Waals surface area (Å²) in [5, 5.41) is 13.5. The Hall–Kier alpha value is -2.05. The van der Waals surface area contributed by atoms with Crippen LogP contribution >= 0.6 is 0 Å². The van der Waals surface area contributed by atoms with E-state index in [0.717, 1.165) is 36.4 Å². The molecule has 1 aromatic rings. The molecular formula is C18H33N5O2. The van der Waals surface area contributed by atoms with Crippen molar-refractivity contribution in [1.82, 2.24) is 21.1 Å². The van der Waals surface area contributed by atoms with E-state index in [0.29, 0.717) is 25.6 Å². The number of aromatic nitrogens is 1. The first-order valence-electron chi connectivity index (χ1n) is 9.16. The molecule has 1 rings (SSSR count). The Kier molecular flexibility index (Phi) is 8.45. The first-order valence-corrected chi connectivity index (χ1v) is 9.16. The molecule has 0 aliphatic rings. The molecule has 0 fully saturated rings. The van der Waals surface area contributed by atoms with Crippen molar-refractivity contribution in [1.29, 1.82) is 0 Å². The molecule has 0 atom stereocenters. The van der Waals surface area contributed by atoms with Crippen LogP contribution in [-0.2, 0) is 24.2 Å². The predicted octanol–water partition coefficient (Wildman–Crippen LogP) is 2.02. The zero-order valence-electron chi connectivity index (χ0n) is 16.5. The van der Waals surface area contributed by atoms with Crippen LogP contribution in [0.5, 0.6) is 0 Å². The topological polar surface area (TPSA) is 91.5 Å². The highest BCUT2D eigenvalue weighted by Gasteiger charge is 2.27. The molecule has 0 aliphatic heterocycles. The van der Waals surface area contributed by atoms with Gasteiger partial charge in [0, 0.05) is 31.6 Å². The molecule has 0 spiro atoms. The summed E-state index contributed by atoms with van der Waals surface area (Å²) in [4.78, 5) is 16.8. The normalized spacial score (nSPS) is 12.2. The van der Waals surface area contributed by atoms with Crippen LogP contribution in [0.1, 0.15) is 58.6 Å². The number of carbonyl (C=O) groups excluding carboxylic acids is 1. The zero-order valence-corrected chi connectivity index (χ0v) is 16.5. The van der Waals surface area contributed by atoms with Crippen LogP contribution < -0.4 is 16.0 Å². The maximum Gasteiger partial charge on any atom is 0.227 e. The molecule has 0 saturated heterocycles. The number of rotatable bonds is 9. The van der Waals surface area contributed by atoms with Crippen LogP contribution in [0.2, 0.25) is 0 Å². The molecule has 3 N–H and O–H groups in total. The molecule has 25 heavy (non-hydrogen) atoms. The lowest BCUT2D eigenvalue weighted by atomic mass is 9.92. The van der Waals surface area contributed by atoms with Gasteiger partial charge in [0.2, 0.25) is 5.91 Å². The van der Waals surface area contributed by atoms with Gasteiger partial charge in [0.25, 0.3) is 0 Å². The van der Waals surface area contributed by atoms with Crippen LogP contribution in [0.4, 0.5) is 0 Å². The molecule has 0 aliphatic carbocycles. The van der Waals surface area contributed by atoms with Crippen LogP contribution in [0.25, 0.3) is 0 Å². The van der Waals surface area contributed by atoms with E-state index in [1.54, 1.807) is 0 Å². The second-order valence-corrected chi connectivity index (χ2v) is 6.53. The van der Waals surface area contributed by atoms with Gasteiger partial charge in [0.15, 0.2) is 5.96 Å². The Morgan fingerprint density at radius 2 is 1.76 bits per heavy atom. The highest BCUT2D eigenvalue weighted by Crippen LogP contribution is 2.17. The Morgan fingerprint density at radius 3 is 2.32 bits per heavy atom. The molecule has 0 bridgehead atoms. The minimum Gasteiger partial charge on any atom is -0.361 e. The molecule has 0 unspecified atom stereocenters. The van der Waals surface area contributed by atoms with Crippen LogP contribution in [0.3, 0.4) is 0 Å². The lowest BCUT2D eigenvalue weighted by molar-refractivity contribution is -0.128. The summed E-state index contributed by atoms with van der Waals surface area (Å²) in [5.41, 5.74) is 1.50. The van der Waals surface area contributed by atoms with Crippen molar-refractivity contribution >= 4 is 11.9 Å². The van der Waals surface area contributed by atoms with Gasteiger partial charge in [-0.1, -0.05) is 19.0 Å². The van der Waals surface area contributed by atoms with Crippen molar-refractivity contribution in [3.63, 3.8) is 0 Å². The van der Waals surface area contributed by atoms with Crippen LogP contribution in [-0.4, -0.2) is 36.7 Å². The molecule has 7 heteroatoms. The summed E-state index contributed by atoms with van der Waals surface area (Å²) in [7, 11) is 0. The van der Waals surface area contributed by atoms with E-state index in [9.17, 15) is 4.79 Å². The van der Waals surface area contributed by atoms with Crippen molar-refractivity contribution < 1.29 is 9.32 Å². The molecule has 142 valence electrons. The van der Waals surface area contributed by atoms with Gasteiger partial charge in [-0.3, -0.25) is 4.79 Å². The van der Waals surface area contributed by atoms with Gasteiger partial charge < -0.3 is 20.5 Å². The molecular weight excluding hydrogens is 318 g/mol. The minimum absolute atomic E-state index is 0.0268. The Labute approximate surface area is 151 Å². The molecule has 0 aromatic carbocycles. The van der Waals surface area contributed by atoms with E-state index in [1.165, 1.54) is 0 Å². The quantitative estimate of drug-likeness (QED) is 0.468. The van der Waals surface area contributed by atoms with Gasteiger partial charge in [0.05, 0.1) is 17.7 Å². The van der Waals surface area contributed by atoms with E-state index in [2.05, 4.69) is 33.0 Å². The van der Waals surface area contributed by atoms with Crippen molar-refractivity contribution in [2.75, 3.05) is 19.6 Å². The lowest BCUT2D eigenvalue weighted by Crippen LogP contribution is -2.47. The van der Waals surface area contributed by atoms with Gasteiger partial charge >= 0.3 is 0 Å². The van der Waals surface area contributed by atoms with Crippen molar-refractivity contribution in [2.24, 2.45) is 10.4 Å². The summed E-state index contributed by atoms with van der Waals surface area (Å²) >= 11 is 0. The van der Waals surface area contributed by atoms with Crippen molar-refractivity contribution in [3.8, 4) is 0 Å². The van der Waals surface area contributed by atoms with E-state index < -0.39 is 5.41 Å². The Balaban J connectivity index is 2.81. The highest BCUT2D eigenvalue weighted by molar-refractivity contribution is 5.84. The fraction of sp³-hybridized carbons (Fsp3) is 0.722. The third-order valence-electron chi connectivity index (χ3n) is 4.00. The molecule has 1 amide bonds. The summed E-state index contributed by atoms with van der Waals surface area (Å²) in [6, 6.07) is 0. The number of hydrogen-bond acceptors (Lipinski definition) is 4. The highest BCUT2D eigenvalue weighted by atomic mass is 16.5. The Bertz CT molecular complexity index is 557. The van der Waals surface area contributed by atoms with Gasteiger partial charge in [-0.15, -0.1) is 0 Å². The second kappa shape index (κ2) is 10.1. The number of aryl methyl sites for hydroxylation is 2. The van der Waals surface area contributed by atoms with Crippen LogP contribution in [0.15, 0.2) is 9.52 Å². The third-order valence-corrected chi connectivity index (χ3v) is 4.00. The number of nitrogens with one attached hydrogen (secondary N) is 3. The first kappa shape index (κ1) is 21.0.